The van der Waals surface area contributed by atoms with Crippen molar-refractivity contribution < 1.29 is 36.6 Å². The largest absolute Gasteiger partial charge is 0.431 e. The Morgan fingerprint density at radius 3 is 2.56 bits per heavy atom. The van der Waals surface area contributed by atoms with Gasteiger partial charge in [-0.1, -0.05) is 13.0 Å². The first-order valence-electron chi connectivity index (χ1n) is 9.59. The molecule has 11 heteroatoms. The number of carbonyl (C=O) groups excluding carboxylic acids is 2. The van der Waals surface area contributed by atoms with E-state index in [0.717, 1.165) is 12.1 Å². The van der Waals surface area contributed by atoms with Gasteiger partial charge in [-0.3, -0.25) is 14.6 Å². The van der Waals surface area contributed by atoms with Gasteiger partial charge in [0.1, 0.15) is 11.8 Å². The molecule has 32 heavy (non-hydrogen) atoms. The number of hydrogen-bond donors (Lipinski definition) is 2. The van der Waals surface area contributed by atoms with E-state index >= 15 is 0 Å². The van der Waals surface area contributed by atoms with E-state index in [4.69, 9.17) is 10.5 Å². The summed E-state index contributed by atoms with van der Waals surface area (Å²) < 4.78 is 64.1. The molecule has 1 aromatic heterocycles. The van der Waals surface area contributed by atoms with Crippen LogP contribution >= 0.6 is 0 Å². The summed E-state index contributed by atoms with van der Waals surface area (Å²) in [7, 11) is 0. The summed E-state index contributed by atoms with van der Waals surface area (Å²) in [6.07, 6.45) is -0.00536. The fraction of sp³-hybridized carbons (Fsp3) is 0.381. The lowest BCUT2D eigenvalue weighted by Gasteiger charge is -2.26. The number of anilines is 1. The predicted molar refractivity (Wildman–Crippen MR) is 105 cm³/mol. The van der Waals surface area contributed by atoms with Gasteiger partial charge in [-0.25, -0.2) is 4.39 Å². The normalized spacial score (nSPS) is 22.1. The molecule has 1 saturated heterocycles. The third kappa shape index (κ3) is 4.52. The molecule has 0 unspecified atom stereocenters. The highest BCUT2D eigenvalue weighted by molar-refractivity contribution is 5.97. The van der Waals surface area contributed by atoms with E-state index in [0.29, 0.717) is 0 Å². The van der Waals surface area contributed by atoms with Crippen molar-refractivity contribution in [2.24, 2.45) is 11.7 Å². The van der Waals surface area contributed by atoms with Crippen LogP contribution in [-0.4, -0.2) is 35.1 Å². The zero-order valence-corrected chi connectivity index (χ0v) is 17.4. The van der Waals surface area contributed by atoms with Gasteiger partial charge in [-0.05, 0) is 38.0 Å². The number of carbonyl (C=O) groups is 2. The maximum absolute atomic E-state index is 14.4. The van der Waals surface area contributed by atoms with Gasteiger partial charge in [0.05, 0.1) is 5.60 Å². The van der Waals surface area contributed by atoms with Gasteiger partial charge in [-0.15, -0.1) is 0 Å². The Morgan fingerprint density at radius 1 is 1.25 bits per heavy atom. The summed E-state index contributed by atoms with van der Waals surface area (Å²) >= 11 is 0. The SMILES string of the molecule is C[C@@H]1[C@H](c2ccc(F)c(F)c2OC(F)F)[C@H](C(=O)Nc2ccnc(C(N)=O)c2)OC1(C)C. The molecule has 1 fully saturated rings. The number of nitrogens with zero attached hydrogens (tertiary/aromatic N) is 1. The average molecular weight is 455 g/mol. The highest BCUT2D eigenvalue weighted by Gasteiger charge is 2.51. The van der Waals surface area contributed by atoms with Crippen molar-refractivity contribution in [1.82, 2.24) is 4.98 Å². The van der Waals surface area contributed by atoms with E-state index in [1.54, 1.807) is 20.8 Å². The van der Waals surface area contributed by atoms with Crippen molar-refractivity contribution in [1.29, 1.82) is 0 Å². The first-order valence-corrected chi connectivity index (χ1v) is 9.59. The molecule has 0 aliphatic carbocycles. The fourth-order valence-electron chi connectivity index (χ4n) is 3.73. The summed E-state index contributed by atoms with van der Waals surface area (Å²) in [4.78, 5) is 28.2. The first kappa shape index (κ1) is 23.5. The number of rotatable bonds is 6. The standard InChI is InChI=1S/C21H21F4N3O4/c1-9-14(11-4-5-12(22)15(23)16(11)31-20(24)25)17(32-21(9,2)3)19(30)28-10-6-7-27-13(8-10)18(26)29/h4-9,14,17,20H,1-3H3,(H2,26,29)(H,27,28,30)/t9-,14-,17-/m1/s1. The minimum absolute atomic E-state index is 0.0892. The van der Waals surface area contributed by atoms with Crippen LogP contribution in [0.5, 0.6) is 5.75 Å². The van der Waals surface area contributed by atoms with Crippen LogP contribution in [0.3, 0.4) is 0 Å². The monoisotopic (exact) mass is 455 g/mol. The molecule has 2 amide bonds. The van der Waals surface area contributed by atoms with Crippen LogP contribution in [0.4, 0.5) is 23.2 Å². The number of hydrogen-bond acceptors (Lipinski definition) is 5. The molecule has 1 aliphatic rings. The molecule has 0 spiro atoms. The molecule has 1 aromatic carbocycles. The molecule has 0 radical (unpaired) electrons. The zero-order valence-electron chi connectivity index (χ0n) is 17.4. The Hall–Kier alpha value is -3.21. The van der Waals surface area contributed by atoms with E-state index in [9.17, 15) is 27.2 Å². The third-order valence-electron chi connectivity index (χ3n) is 5.58. The van der Waals surface area contributed by atoms with Crippen LogP contribution in [0.1, 0.15) is 42.7 Å². The maximum Gasteiger partial charge on any atom is 0.387 e. The molecule has 1 aliphatic heterocycles. The van der Waals surface area contributed by atoms with Gasteiger partial charge < -0.3 is 20.5 Å². The van der Waals surface area contributed by atoms with E-state index < -0.39 is 59.4 Å². The number of halogens is 4. The molecule has 7 nitrogen and oxygen atoms in total. The Labute approximate surface area is 180 Å². The topological polar surface area (TPSA) is 104 Å². The van der Waals surface area contributed by atoms with Gasteiger partial charge >= 0.3 is 6.61 Å². The smallest absolute Gasteiger partial charge is 0.387 e. The lowest BCUT2D eigenvalue weighted by atomic mass is 9.78. The van der Waals surface area contributed by atoms with Crippen LogP contribution in [0, 0.1) is 17.6 Å². The minimum atomic E-state index is -3.41. The second kappa shape index (κ2) is 8.73. The number of benzene rings is 1. The number of pyridine rings is 1. The summed E-state index contributed by atoms with van der Waals surface area (Å²) in [5.41, 5.74) is 4.24. The zero-order chi connectivity index (χ0) is 23.8. The van der Waals surface area contributed by atoms with Crippen molar-refractivity contribution in [3.63, 3.8) is 0 Å². The number of nitrogens with one attached hydrogen (secondary N) is 1. The number of alkyl halides is 2. The number of aromatic nitrogens is 1. The molecule has 0 bridgehead atoms. The summed E-state index contributed by atoms with van der Waals surface area (Å²) in [6, 6.07) is 4.53. The Bertz CT molecular complexity index is 1050. The fourth-order valence-corrected chi connectivity index (χ4v) is 3.73. The molecule has 2 heterocycles. The summed E-state index contributed by atoms with van der Waals surface area (Å²) in [5.74, 6) is -6.86. The van der Waals surface area contributed by atoms with Gasteiger partial charge in [-0.2, -0.15) is 13.2 Å². The van der Waals surface area contributed by atoms with Crippen LogP contribution in [0.2, 0.25) is 0 Å². The van der Waals surface area contributed by atoms with Crippen molar-refractivity contribution >= 4 is 17.5 Å². The van der Waals surface area contributed by atoms with E-state index in [1.807, 2.05) is 0 Å². The molecular formula is C21H21F4N3O4. The van der Waals surface area contributed by atoms with Gasteiger partial charge in [0.25, 0.3) is 11.8 Å². The van der Waals surface area contributed by atoms with Crippen LogP contribution in [0.25, 0.3) is 0 Å². The molecule has 3 N–H and O–H groups in total. The van der Waals surface area contributed by atoms with Crippen molar-refractivity contribution in [2.75, 3.05) is 5.32 Å². The van der Waals surface area contributed by atoms with Gasteiger partial charge in [0.2, 0.25) is 5.82 Å². The van der Waals surface area contributed by atoms with E-state index in [2.05, 4.69) is 15.0 Å². The summed E-state index contributed by atoms with van der Waals surface area (Å²) in [5, 5.41) is 2.55. The summed E-state index contributed by atoms with van der Waals surface area (Å²) in [6.45, 7) is 1.65. The van der Waals surface area contributed by atoms with Crippen LogP contribution < -0.4 is 15.8 Å². The van der Waals surface area contributed by atoms with E-state index in [1.165, 1.54) is 18.3 Å². The quantitative estimate of drug-likeness (QED) is 0.648. The highest BCUT2D eigenvalue weighted by atomic mass is 19.3. The van der Waals surface area contributed by atoms with Gasteiger partial charge in [0.15, 0.2) is 11.6 Å². The first-order chi connectivity index (χ1) is 14.9. The van der Waals surface area contributed by atoms with Crippen molar-refractivity contribution in [3.05, 3.63) is 53.4 Å². The average Bonchev–Trinajstić information content (AvgIpc) is 2.95. The minimum Gasteiger partial charge on any atom is -0.431 e. The predicted octanol–water partition coefficient (Wildman–Crippen LogP) is 3.60. The second-order valence-electron chi connectivity index (χ2n) is 7.90. The number of amides is 2. The number of ether oxygens (including phenoxy) is 2. The Morgan fingerprint density at radius 2 is 1.94 bits per heavy atom. The number of primary amides is 1. The van der Waals surface area contributed by atoms with Crippen molar-refractivity contribution in [2.45, 2.75) is 45.0 Å². The lowest BCUT2D eigenvalue weighted by Crippen LogP contribution is -2.33. The second-order valence-corrected chi connectivity index (χ2v) is 7.90. The molecule has 3 rings (SSSR count). The molecule has 172 valence electrons. The Balaban J connectivity index is 2.01. The van der Waals surface area contributed by atoms with Gasteiger partial charge in [0, 0.05) is 23.4 Å². The molecule has 3 atom stereocenters. The van der Waals surface area contributed by atoms with Crippen LogP contribution in [-0.2, 0) is 9.53 Å². The number of nitrogens with two attached hydrogens (primary N) is 1. The van der Waals surface area contributed by atoms with Crippen molar-refractivity contribution in [3.8, 4) is 5.75 Å². The highest BCUT2D eigenvalue weighted by Crippen LogP contribution is 2.49. The maximum atomic E-state index is 14.4. The van der Waals surface area contributed by atoms with E-state index in [-0.39, 0.29) is 16.9 Å². The Kier molecular flexibility index (Phi) is 6.40. The van der Waals surface area contributed by atoms with Crippen LogP contribution in [0.15, 0.2) is 30.5 Å². The molecule has 2 aromatic rings. The lowest BCUT2D eigenvalue weighted by molar-refractivity contribution is -0.131. The third-order valence-corrected chi connectivity index (χ3v) is 5.58. The molecular weight excluding hydrogens is 434 g/mol. The molecule has 0 saturated carbocycles.